The second-order valence-corrected chi connectivity index (χ2v) is 12.7. The summed E-state index contributed by atoms with van der Waals surface area (Å²) in [5.74, 6) is -0.207. The van der Waals surface area contributed by atoms with Gasteiger partial charge in [-0.15, -0.1) is 0 Å². The van der Waals surface area contributed by atoms with Gasteiger partial charge in [-0.3, -0.25) is 4.79 Å². The lowest BCUT2D eigenvalue weighted by molar-refractivity contribution is -0.302. The van der Waals surface area contributed by atoms with Crippen LogP contribution in [0.15, 0.2) is 48.6 Å². The van der Waals surface area contributed by atoms with Gasteiger partial charge in [0, 0.05) is 6.42 Å². The van der Waals surface area contributed by atoms with Crippen molar-refractivity contribution in [3.8, 4) is 0 Å². The quantitative estimate of drug-likeness (QED) is 0.0445. The van der Waals surface area contributed by atoms with Crippen LogP contribution in [0.5, 0.6) is 0 Å². The second-order valence-electron chi connectivity index (χ2n) is 12.7. The van der Waals surface area contributed by atoms with Gasteiger partial charge in [0.05, 0.1) is 25.4 Å². The van der Waals surface area contributed by atoms with E-state index in [0.717, 1.165) is 64.2 Å². The highest BCUT2D eigenvalue weighted by Gasteiger charge is 2.44. The van der Waals surface area contributed by atoms with Gasteiger partial charge in [0.1, 0.15) is 24.4 Å². The van der Waals surface area contributed by atoms with Crippen LogP contribution in [-0.4, -0.2) is 87.5 Å². The van der Waals surface area contributed by atoms with Crippen molar-refractivity contribution < 1.29 is 39.8 Å². The van der Waals surface area contributed by atoms with Crippen LogP contribution in [-0.2, 0) is 14.3 Å². The maximum atomic E-state index is 12.8. The Balaban J connectivity index is 2.47. The van der Waals surface area contributed by atoms with E-state index in [9.17, 15) is 30.3 Å². The van der Waals surface area contributed by atoms with E-state index in [1.54, 1.807) is 6.08 Å². The number of unbranched alkanes of at least 4 members (excludes halogenated alkanes) is 13. The molecule has 0 saturated carbocycles. The second kappa shape index (κ2) is 29.1. The number of hydrogen-bond donors (Lipinski definition) is 6. The van der Waals surface area contributed by atoms with E-state index in [0.29, 0.717) is 6.42 Å². The highest BCUT2D eigenvalue weighted by Crippen LogP contribution is 2.22. The molecular formula is C38H67NO8. The average Bonchev–Trinajstić information content (AvgIpc) is 3.07. The first-order chi connectivity index (χ1) is 22.8. The van der Waals surface area contributed by atoms with Gasteiger partial charge < -0.3 is 40.3 Å². The van der Waals surface area contributed by atoms with Crippen LogP contribution < -0.4 is 5.32 Å². The molecule has 0 aromatic heterocycles. The number of aliphatic hydroxyl groups is 5. The highest BCUT2D eigenvalue weighted by molar-refractivity contribution is 5.76. The Bertz CT molecular complexity index is 874. The molecule has 272 valence electrons. The Kier molecular flexibility index (Phi) is 26.7. The minimum atomic E-state index is -1.57. The first kappa shape index (κ1) is 43.2. The molecule has 0 spiro atoms. The fourth-order valence-corrected chi connectivity index (χ4v) is 5.42. The molecule has 47 heavy (non-hydrogen) atoms. The minimum absolute atomic E-state index is 0.207. The summed E-state index contributed by atoms with van der Waals surface area (Å²) in [6.45, 7) is 3.46. The van der Waals surface area contributed by atoms with Crippen molar-refractivity contribution in [2.75, 3.05) is 13.2 Å². The third kappa shape index (κ3) is 21.0. The normalized spacial score (nSPS) is 23.4. The first-order valence-electron chi connectivity index (χ1n) is 18.3. The van der Waals surface area contributed by atoms with Crippen LogP contribution in [0.3, 0.4) is 0 Å². The summed E-state index contributed by atoms with van der Waals surface area (Å²) in [7, 11) is 0. The number of allylic oxidation sites excluding steroid dienone is 7. The van der Waals surface area contributed by atoms with Crippen LogP contribution in [0.4, 0.5) is 0 Å². The van der Waals surface area contributed by atoms with E-state index in [1.807, 2.05) is 19.1 Å². The molecular weight excluding hydrogens is 598 g/mol. The lowest BCUT2D eigenvalue weighted by atomic mass is 9.99. The monoisotopic (exact) mass is 665 g/mol. The third-order valence-electron chi connectivity index (χ3n) is 8.45. The van der Waals surface area contributed by atoms with E-state index < -0.39 is 49.5 Å². The molecule has 7 atom stereocenters. The Morgan fingerprint density at radius 1 is 0.745 bits per heavy atom. The molecule has 9 nitrogen and oxygen atoms in total. The summed E-state index contributed by atoms with van der Waals surface area (Å²) in [6, 6.07) is -0.828. The number of ether oxygens (including phenoxy) is 2. The molecule has 7 unspecified atom stereocenters. The Labute approximate surface area is 284 Å². The van der Waals surface area contributed by atoms with Crippen LogP contribution in [0.25, 0.3) is 0 Å². The molecule has 0 aromatic carbocycles. The van der Waals surface area contributed by atoms with Crippen molar-refractivity contribution in [2.24, 2.45) is 0 Å². The molecule has 1 amide bonds. The van der Waals surface area contributed by atoms with Crippen molar-refractivity contribution in [2.45, 2.75) is 172 Å². The number of rotatable bonds is 28. The summed E-state index contributed by atoms with van der Waals surface area (Å²) < 4.78 is 11.1. The molecule has 1 aliphatic heterocycles. The van der Waals surface area contributed by atoms with Crippen molar-refractivity contribution in [1.82, 2.24) is 5.32 Å². The maximum Gasteiger partial charge on any atom is 0.220 e. The Morgan fingerprint density at radius 3 is 1.91 bits per heavy atom. The molecule has 1 rings (SSSR count). The topological polar surface area (TPSA) is 149 Å². The van der Waals surface area contributed by atoms with Crippen molar-refractivity contribution in [3.63, 3.8) is 0 Å². The van der Waals surface area contributed by atoms with Crippen molar-refractivity contribution in [3.05, 3.63) is 48.6 Å². The van der Waals surface area contributed by atoms with Gasteiger partial charge in [-0.05, 0) is 64.7 Å². The summed E-state index contributed by atoms with van der Waals surface area (Å²) >= 11 is 0. The molecule has 6 N–H and O–H groups in total. The molecule has 0 radical (unpaired) electrons. The zero-order valence-electron chi connectivity index (χ0n) is 29.3. The molecule has 1 aliphatic rings. The van der Waals surface area contributed by atoms with E-state index in [1.165, 1.54) is 44.9 Å². The molecule has 9 heteroatoms. The molecule has 0 bridgehead atoms. The predicted octanol–water partition coefficient (Wildman–Crippen LogP) is 5.94. The number of nitrogens with one attached hydrogen (secondary N) is 1. The molecule has 0 aromatic rings. The van der Waals surface area contributed by atoms with Gasteiger partial charge in [0.2, 0.25) is 5.91 Å². The first-order valence-corrected chi connectivity index (χ1v) is 18.3. The zero-order chi connectivity index (χ0) is 34.5. The Hall–Kier alpha value is -1.85. The predicted molar refractivity (Wildman–Crippen MR) is 189 cm³/mol. The number of hydrogen-bond acceptors (Lipinski definition) is 8. The fourth-order valence-electron chi connectivity index (χ4n) is 5.42. The average molecular weight is 666 g/mol. The minimum Gasteiger partial charge on any atom is -0.394 e. The SMILES string of the molecule is C/C=C/CC/C=C/CC/C=C/C(O)C(COC1OC(CO)C(O)C(O)C1O)NC(=O)CCCCCCC/C=C\CCCCCCCC. The standard InChI is InChI=1S/C38H67NO8/c1-3-5-7-9-11-13-14-15-16-17-18-20-22-24-26-28-34(42)39-31(32(41)27-25-23-21-19-12-10-8-6-4-2)30-46-38-37(45)36(44)35(43)33(29-40)47-38/h4,6,12,15-16,19,25,27,31-33,35-38,40-41,43-45H,3,5,7-11,13-14,17-18,20-24,26,28-30H2,1-2H3,(H,39,42)/b6-4+,16-15-,19-12+,27-25+. The lowest BCUT2D eigenvalue weighted by Crippen LogP contribution is -2.60. The number of aliphatic hydroxyl groups excluding tert-OH is 5. The van der Waals surface area contributed by atoms with E-state index in [4.69, 9.17) is 9.47 Å². The smallest absolute Gasteiger partial charge is 0.220 e. The summed E-state index contributed by atoms with van der Waals surface area (Å²) in [5.41, 5.74) is 0. The number of carbonyl (C=O) groups excluding carboxylic acids is 1. The molecule has 1 saturated heterocycles. The number of carbonyl (C=O) groups is 1. The van der Waals surface area contributed by atoms with Crippen LogP contribution in [0.1, 0.15) is 129 Å². The zero-order valence-corrected chi connectivity index (χ0v) is 29.3. The fraction of sp³-hybridized carbons (Fsp3) is 0.763. The van der Waals surface area contributed by atoms with Crippen LogP contribution in [0, 0.1) is 0 Å². The van der Waals surface area contributed by atoms with Gasteiger partial charge in [0.15, 0.2) is 6.29 Å². The summed E-state index contributed by atoms with van der Waals surface area (Å²) in [4.78, 5) is 12.8. The summed E-state index contributed by atoms with van der Waals surface area (Å²) in [5, 5.41) is 53.7. The Morgan fingerprint density at radius 2 is 1.30 bits per heavy atom. The van der Waals surface area contributed by atoms with Crippen LogP contribution in [0.2, 0.25) is 0 Å². The van der Waals surface area contributed by atoms with E-state index in [2.05, 4.69) is 42.6 Å². The largest absolute Gasteiger partial charge is 0.394 e. The van der Waals surface area contributed by atoms with E-state index in [-0.39, 0.29) is 12.5 Å². The molecule has 0 aliphatic carbocycles. The van der Waals surface area contributed by atoms with Crippen molar-refractivity contribution >= 4 is 5.91 Å². The highest BCUT2D eigenvalue weighted by atomic mass is 16.7. The van der Waals surface area contributed by atoms with Crippen molar-refractivity contribution in [1.29, 1.82) is 0 Å². The third-order valence-corrected chi connectivity index (χ3v) is 8.45. The lowest BCUT2D eigenvalue weighted by Gasteiger charge is -2.40. The van der Waals surface area contributed by atoms with Gasteiger partial charge >= 0.3 is 0 Å². The maximum absolute atomic E-state index is 12.8. The van der Waals surface area contributed by atoms with Gasteiger partial charge in [-0.25, -0.2) is 0 Å². The number of amides is 1. The summed E-state index contributed by atoms with van der Waals surface area (Å²) in [6.07, 6.45) is 27.5. The van der Waals surface area contributed by atoms with Crippen LogP contribution >= 0.6 is 0 Å². The van der Waals surface area contributed by atoms with Gasteiger partial charge in [-0.1, -0.05) is 107 Å². The van der Waals surface area contributed by atoms with Gasteiger partial charge in [0.25, 0.3) is 0 Å². The van der Waals surface area contributed by atoms with Gasteiger partial charge in [-0.2, -0.15) is 0 Å². The van der Waals surface area contributed by atoms with E-state index >= 15 is 0 Å². The molecule has 1 heterocycles. The molecule has 1 fully saturated rings.